The van der Waals surface area contributed by atoms with E-state index in [1.54, 1.807) is 6.20 Å². The Bertz CT molecular complexity index is 518. The maximum atomic E-state index is 12.0. The molecule has 0 atom stereocenters. The topological polar surface area (TPSA) is 33.2 Å². The molecule has 0 saturated heterocycles. The number of hydrogen-bond donors (Lipinski definition) is 0. The van der Waals surface area contributed by atoms with Gasteiger partial charge < -0.3 is 4.90 Å². The Morgan fingerprint density at radius 1 is 1.11 bits per heavy atom. The van der Waals surface area contributed by atoms with E-state index in [4.69, 9.17) is 0 Å². The molecular formula is C15H16N2O. The zero-order valence-corrected chi connectivity index (χ0v) is 10.6. The number of hydrogen-bond acceptors (Lipinski definition) is 3. The third-order valence-electron chi connectivity index (χ3n) is 2.74. The average molecular weight is 240 g/mol. The number of rotatable bonds is 4. The highest BCUT2D eigenvalue weighted by molar-refractivity contribution is 5.97. The van der Waals surface area contributed by atoms with Crippen LogP contribution in [0.4, 0.5) is 5.82 Å². The maximum Gasteiger partial charge on any atom is 0.168 e. The van der Waals surface area contributed by atoms with E-state index in [1.165, 1.54) is 0 Å². The van der Waals surface area contributed by atoms with Gasteiger partial charge in [-0.25, -0.2) is 4.98 Å². The fourth-order valence-corrected chi connectivity index (χ4v) is 1.70. The first-order valence-electron chi connectivity index (χ1n) is 5.87. The second kappa shape index (κ2) is 5.45. The molecule has 3 nitrogen and oxygen atoms in total. The minimum Gasteiger partial charge on any atom is -0.363 e. The summed E-state index contributed by atoms with van der Waals surface area (Å²) in [6, 6.07) is 13.4. The summed E-state index contributed by atoms with van der Waals surface area (Å²) in [4.78, 5) is 18.2. The molecule has 92 valence electrons. The lowest BCUT2D eigenvalue weighted by molar-refractivity contribution is 0.0992. The quantitative estimate of drug-likeness (QED) is 0.770. The molecule has 3 heteroatoms. The van der Waals surface area contributed by atoms with Crippen LogP contribution in [0, 0.1) is 0 Å². The summed E-state index contributed by atoms with van der Waals surface area (Å²) in [7, 11) is 3.85. The van der Waals surface area contributed by atoms with Crippen molar-refractivity contribution in [3.05, 3.63) is 59.8 Å². The van der Waals surface area contributed by atoms with Crippen LogP contribution in [0.25, 0.3) is 0 Å². The van der Waals surface area contributed by atoms with Crippen molar-refractivity contribution in [2.75, 3.05) is 19.0 Å². The molecule has 0 spiro atoms. The van der Waals surface area contributed by atoms with Gasteiger partial charge in [0, 0.05) is 32.3 Å². The summed E-state index contributed by atoms with van der Waals surface area (Å²) in [5.41, 5.74) is 1.68. The van der Waals surface area contributed by atoms with E-state index in [9.17, 15) is 4.79 Å². The van der Waals surface area contributed by atoms with Gasteiger partial charge in [0.15, 0.2) is 5.78 Å². The molecule has 1 aromatic carbocycles. The van der Waals surface area contributed by atoms with Crippen LogP contribution in [-0.4, -0.2) is 24.9 Å². The van der Waals surface area contributed by atoms with E-state index in [0.717, 1.165) is 11.4 Å². The van der Waals surface area contributed by atoms with Crippen LogP contribution in [-0.2, 0) is 6.42 Å². The largest absolute Gasteiger partial charge is 0.363 e. The zero-order valence-electron chi connectivity index (χ0n) is 10.6. The Balaban J connectivity index is 2.10. The van der Waals surface area contributed by atoms with Gasteiger partial charge >= 0.3 is 0 Å². The monoisotopic (exact) mass is 240 g/mol. The third-order valence-corrected chi connectivity index (χ3v) is 2.74. The molecule has 0 aliphatic heterocycles. The zero-order chi connectivity index (χ0) is 13.0. The molecule has 0 unspecified atom stereocenters. The second-order valence-electron chi connectivity index (χ2n) is 4.39. The molecule has 1 aromatic heterocycles. The van der Waals surface area contributed by atoms with Crippen LogP contribution >= 0.6 is 0 Å². The van der Waals surface area contributed by atoms with E-state index < -0.39 is 0 Å². The second-order valence-corrected chi connectivity index (χ2v) is 4.39. The fourth-order valence-electron chi connectivity index (χ4n) is 1.70. The van der Waals surface area contributed by atoms with Crippen LogP contribution in [0.5, 0.6) is 0 Å². The molecule has 0 radical (unpaired) electrons. The fraction of sp³-hybridized carbons (Fsp3) is 0.200. The summed E-state index contributed by atoms with van der Waals surface area (Å²) in [5.74, 6) is 0.949. The minimum absolute atomic E-state index is 0.0963. The summed E-state index contributed by atoms with van der Waals surface area (Å²) in [6.45, 7) is 0. The molecule has 0 aliphatic carbocycles. The number of aromatic nitrogens is 1. The van der Waals surface area contributed by atoms with Gasteiger partial charge in [0.05, 0.1) is 0 Å². The Morgan fingerprint density at radius 2 is 1.83 bits per heavy atom. The molecule has 2 rings (SSSR count). The summed E-state index contributed by atoms with van der Waals surface area (Å²) in [5, 5.41) is 0. The van der Waals surface area contributed by atoms with Gasteiger partial charge in [-0.05, 0) is 17.7 Å². The average Bonchev–Trinajstić information content (AvgIpc) is 2.40. The Labute approximate surface area is 107 Å². The molecule has 2 aromatic rings. The van der Waals surface area contributed by atoms with E-state index in [0.29, 0.717) is 12.0 Å². The Hall–Kier alpha value is -2.16. The lowest BCUT2D eigenvalue weighted by Gasteiger charge is -2.10. The van der Waals surface area contributed by atoms with Gasteiger partial charge in [-0.3, -0.25) is 4.79 Å². The third kappa shape index (κ3) is 2.94. The Kier molecular flexibility index (Phi) is 3.72. The SMILES string of the molecule is CN(C)c1ccc(C(=O)Cc2ccccc2)cn1. The molecule has 0 bridgehead atoms. The number of anilines is 1. The summed E-state index contributed by atoms with van der Waals surface area (Å²) < 4.78 is 0. The number of carbonyl (C=O) groups excluding carboxylic acids is 1. The number of Topliss-reactive ketones (excluding diaryl/α,β-unsaturated/α-hetero) is 1. The molecule has 0 aliphatic rings. The van der Waals surface area contributed by atoms with Crippen molar-refractivity contribution in [1.82, 2.24) is 4.98 Å². The lowest BCUT2D eigenvalue weighted by atomic mass is 10.0. The first-order valence-corrected chi connectivity index (χ1v) is 5.87. The van der Waals surface area contributed by atoms with Gasteiger partial charge in [0.25, 0.3) is 0 Å². The molecule has 1 heterocycles. The lowest BCUT2D eigenvalue weighted by Crippen LogP contribution is -2.11. The number of nitrogens with zero attached hydrogens (tertiary/aromatic N) is 2. The highest BCUT2D eigenvalue weighted by Crippen LogP contribution is 2.10. The van der Waals surface area contributed by atoms with E-state index in [1.807, 2.05) is 61.5 Å². The summed E-state index contributed by atoms with van der Waals surface area (Å²) in [6.07, 6.45) is 2.06. The van der Waals surface area contributed by atoms with Crippen LogP contribution in [0.1, 0.15) is 15.9 Å². The van der Waals surface area contributed by atoms with E-state index in [-0.39, 0.29) is 5.78 Å². The molecular weight excluding hydrogens is 224 g/mol. The Morgan fingerprint density at radius 3 is 2.39 bits per heavy atom. The number of pyridine rings is 1. The molecule has 0 fully saturated rings. The van der Waals surface area contributed by atoms with Crippen molar-refractivity contribution < 1.29 is 4.79 Å². The van der Waals surface area contributed by atoms with Crippen LogP contribution in [0.15, 0.2) is 48.7 Å². The molecule has 0 N–H and O–H groups in total. The maximum absolute atomic E-state index is 12.0. The van der Waals surface area contributed by atoms with Crippen LogP contribution in [0.2, 0.25) is 0 Å². The number of carbonyl (C=O) groups is 1. The van der Waals surface area contributed by atoms with Crippen LogP contribution < -0.4 is 4.90 Å². The van der Waals surface area contributed by atoms with Crippen molar-refractivity contribution in [3.63, 3.8) is 0 Å². The van der Waals surface area contributed by atoms with Crippen molar-refractivity contribution in [1.29, 1.82) is 0 Å². The van der Waals surface area contributed by atoms with E-state index in [2.05, 4.69) is 4.98 Å². The van der Waals surface area contributed by atoms with Crippen LogP contribution in [0.3, 0.4) is 0 Å². The predicted octanol–water partition coefficient (Wildman–Crippen LogP) is 2.57. The highest BCUT2D eigenvalue weighted by Gasteiger charge is 2.07. The van der Waals surface area contributed by atoms with Gasteiger partial charge in [0.1, 0.15) is 5.82 Å². The van der Waals surface area contributed by atoms with Crippen molar-refractivity contribution in [2.24, 2.45) is 0 Å². The van der Waals surface area contributed by atoms with Crippen molar-refractivity contribution >= 4 is 11.6 Å². The first kappa shape index (κ1) is 12.3. The van der Waals surface area contributed by atoms with Gasteiger partial charge in [-0.2, -0.15) is 0 Å². The molecule has 18 heavy (non-hydrogen) atoms. The standard InChI is InChI=1S/C15H16N2O/c1-17(2)15-9-8-13(11-16-15)14(18)10-12-6-4-3-5-7-12/h3-9,11H,10H2,1-2H3. The van der Waals surface area contributed by atoms with E-state index >= 15 is 0 Å². The highest BCUT2D eigenvalue weighted by atomic mass is 16.1. The molecule has 0 amide bonds. The van der Waals surface area contributed by atoms with Gasteiger partial charge in [-0.1, -0.05) is 30.3 Å². The molecule has 0 saturated carbocycles. The first-order chi connectivity index (χ1) is 8.66. The normalized spacial score (nSPS) is 10.1. The number of ketones is 1. The minimum atomic E-state index is 0.0963. The van der Waals surface area contributed by atoms with Crippen molar-refractivity contribution in [3.8, 4) is 0 Å². The number of benzene rings is 1. The smallest absolute Gasteiger partial charge is 0.168 e. The van der Waals surface area contributed by atoms with Crippen molar-refractivity contribution in [2.45, 2.75) is 6.42 Å². The predicted molar refractivity (Wildman–Crippen MR) is 73.0 cm³/mol. The summed E-state index contributed by atoms with van der Waals surface area (Å²) >= 11 is 0. The van der Waals surface area contributed by atoms with Gasteiger partial charge in [-0.15, -0.1) is 0 Å². The van der Waals surface area contributed by atoms with Gasteiger partial charge in [0.2, 0.25) is 0 Å².